The summed E-state index contributed by atoms with van der Waals surface area (Å²) in [5.41, 5.74) is 2.25. The Morgan fingerprint density at radius 1 is 1.05 bits per heavy atom. The number of hydrogen-bond donors (Lipinski definition) is 2. The van der Waals surface area contributed by atoms with E-state index in [9.17, 15) is 0 Å². The van der Waals surface area contributed by atoms with E-state index in [-0.39, 0.29) is 0 Å². The number of piperidine rings is 1. The Labute approximate surface area is 134 Å². The van der Waals surface area contributed by atoms with Crippen molar-refractivity contribution in [1.82, 2.24) is 10.3 Å². The van der Waals surface area contributed by atoms with Crippen LogP contribution in [0.25, 0.3) is 22.0 Å². The van der Waals surface area contributed by atoms with Gasteiger partial charge in [0, 0.05) is 17.0 Å². The summed E-state index contributed by atoms with van der Waals surface area (Å²) in [5.74, 6) is 0. The summed E-state index contributed by atoms with van der Waals surface area (Å²) in [6.07, 6.45) is 2.34. The number of rotatable bonds is 3. The average molecular weight is 309 g/mol. The third-order valence-electron chi connectivity index (χ3n) is 4.22. The summed E-state index contributed by atoms with van der Waals surface area (Å²) >= 11 is 1.70. The van der Waals surface area contributed by atoms with E-state index < -0.39 is 0 Å². The molecular formula is C18H19N3S. The molecule has 4 rings (SSSR count). The quantitative estimate of drug-likeness (QED) is 0.764. The maximum Gasteiger partial charge on any atom is 0.183 e. The fourth-order valence-corrected chi connectivity index (χ4v) is 3.76. The number of nitrogens with zero attached hydrogens (tertiary/aromatic N) is 1. The maximum atomic E-state index is 4.77. The first kappa shape index (κ1) is 13.7. The zero-order valence-corrected chi connectivity index (χ0v) is 13.2. The van der Waals surface area contributed by atoms with Gasteiger partial charge in [0.2, 0.25) is 0 Å². The van der Waals surface area contributed by atoms with Crippen molar-refractivity contribution in [3.05, 3.63) is 47.8 Å². The minimum Gasteiger partial charge on any atom is -0.359 e. The maximum absolute atomic E-state index is 4.77. The van der Waals surface area contributed by atoms with Crippen LogP contribution >= 0.6 is 11.3 Å². The number of benzene rings is 2. The SMILES string of the molecule is c1ccc2cc(-c3csc(NC4CCNCC4)n3)ccc2c1. The molecule has 2 N–H and O–H groups in total. The predicted molar refractivity (Wildman–Crippen MR) is 94.6 cm³/mol. The Kier molecular flexibility index (Phi) is 3.79. The number of hydrogen-bond acceptors (Lipinski definition) is 4. The van der Waals surface area contributed by atoms with Crippen molar-refractivity contribution in [2.24, 2.45) is 0 Å². The highest BCUT2D eigenvalue weighted by Gasteiger charge is 2.14. The summed E-state index contributed by atoms with van der Waals surface area (Å²) < 4.78 is 0. The number of aromatic nitrogens is 1. The van der Waals surface area contributed by atoms with E-state index in [1.807, 2.05) is 0 Å². The smallest absolute Gasteiger partial charge is 0.183 e. The van der Waals surface area contributed by atoms with Crippen LogP contribution in [0.4, 0.5) is 5.13 Å². The molecule has 3 nitrogen and oxygen atoms in total. The van der Waals surface area contributed by atoms with Crippen LogP contribution in [0.15, 0.2) is 47.8 Å². The Balaban J connectivity index is 1.56. The van der Waals surface area contributed by atoms with Gasteiger partial charge >= 0.3 is 0 Å². The molecule has 112 valence electrons. The van der Waals surface area contributed by atoms with Gasteiger partial charge in [-0.3, -0.25) is 0 Å². The van der Waals surface area contributed by atoms with Gasteiger partial charge < -0.3 is 10.6 Å². The number of thiazole rings is 1. The molecule has 0 spiro atoms. The molecule has 0 amide bonds. The first-order valence-electron chi connectivity index (χ1n) is 7.80. The zero-order chi connectivity index (χ0) is 14.8. The topological polar surface area (TPSA) is 37.0 Å². The monoisotopic (exact) mass is 309 g/mol. The van der Waals surface area contributed by atoms with Crippen molar-refractivity contribution in [2.75, 3.05) is 18.4 Å². The van der Waals surface area contributed by atoms with Gasteiger partial charge in [-0.15, -0.1) is 11.3 Å². The molecule has 4 heteroatoms. The van der Waals surface area contributed by atoms with Crippen molar-refractivity contribution in [3.63, 3.8) is 0 Å². The van der Waals surface area contributed by atoms with Gasteiger partial charge in [-0.2, -0.15) is 0 Å². The van der Waals surface area contributed by atoms with E-state index in [0.717, 1.165) is 23.9 Å². The highest BCUT2D eigenvalue weighted by Crippen LogP contribution is 2.28. The molecule has 1 aliphatic heterocycles. The standard InChI is InChI=1S/C18H19N3S/c1-2-4-14-11-15(6-5-13(14)3-1)17-12-22-18(21-17)20-16-7-9-19-10-8-16/h1-6,11-12,16,19H,7-10H2,(H,20,21). The molecule has 1 aromatic heterocycles. The summed E-state index contributed by atoms with van der Waals surface area (Å²) in [7, 11) is 0. The summed E-state index contributed by atoms with van der Waals surface area (Å²) in [6.45, 7) is 2.20. The average Bonchev–Trinajstić information content (AvgIpc) is 3.04. The molecule has 0 bridgehead atoms. The lowest BCUT2D eigenvalue weighted by atomic mass is 10.1. The lowest BCUT2D eigenvalue weighted by molar-refractivity contribution is 0.479. The molecular weight excluding hydrogens is 290 g/mol. The van der Waals surface area contributed by atoms with Crippen LogP contribution in [0.5, 0.6) is 0 Å². The number of anilines is 1. The molecule has 0 unspecified atom stereocenters. The van der Waals surface area contributed by atoms with Gasteiger partial charge in [0.1, 0.15) is 0 Å². The zero-order valence-electron chi connectivity index (χ0n) is 12.4. The number of fused-ring (bicyclic) bond motifs is 1. The minimum atomic E-state index is 0.553. The van der Waals surface area contributed by atoms with E-state index >= 15 is 0 Å². The molecule has 2 aromatic carbocycles. The minimum absolute atomic E-state index is 0.553. The van der Waals surface area contributed by atoms with Crippen LogP contribution in [0.2, 0.25) is 0 Å². The second-order valence-electron chi connectivity index (χ2n) is 5.77. The van der Waals surface area contributed by atoms with Crippen molar-refractivity contribution < 1.29 is 0 Å². The molecule has 2 heterocycles. The van der Waals surface area contributed by atoms with Crippen LogP contribution in [0, 0.1) is 0 Å². The molecule has 22 heavy (non-hydrogen) atoms. The van der Waals surface area contributed by atoms with Crippen molar-refractivity contribution in [3.8, 4) is 11.3 Å². The Bertz CT molecular complexity index is 775. The first-order valence-corrected chi connectivity index (χ1v) is 8.68. The molecule has 0 aliphatic carbocycles. The van der Waals surface area contributed by atoms with Crippen molar-refractivity contribution >= 4 is 27.2 Å². The summed E-state index contributed by atoms with van der Waals surface area (Å²) in [5, 5.41) is 12.7. The number of nitrogens with one attached hydrogen (secondary N) is 2. The second kappa shape index (κ2) is 6.07. The summed E-state index contributed by atoms with van der Waals surface area (Å²) in [6, 6.07) is 15.6. The van der Waals surface area contributed by atoms with E-state index in [4.69, 9.17) is 4.98 Å². The molecule has 3 aromatic rings. The molecule has 1 aliphatic rings. The Hall–Kier alpha value is -1.91. The van der Waals surface area contributed by atoms with E-state index in [0.29, 0.717) is 6.04 Å². The highest BCUT2D eigenvalue weighted by molar-refractivity contribution is 7.14. The molecule has 1 fully saturated rings. The lowest BCUT2D eigenvalue weighted by Gasteiger charge is -2.23. The van der Waals surface area contributed by atoms with Crippen LogP contribution < -0.4 is 10.6 Å². The van der Waals surface area contributed by atoms with Crippen LogP contribution in [-0.4, -0.2) is 24.1 Å². The van der Waals surface area contributed by atoms with Crippen LogP contribution in [0.3, 0.4) is 0 Å². The van der Waals surface area contributed by atoms with Gasteiger partial charge in [-0.25, -0.2) is 4.98 Å². The van der Waals surface area contributed by atoms with Crippen LogP contribution in [0.1, 0.15) is 12.8 Å². The predicted octanol–water partition coefficient (Wildman–Crippen LogP) is 4.13. The molecule has 0 radical (unpaired) electrons. The van der Waals surface area contributed by atoms with Gasteiger partial charge in [-0.1, -0.05) is 36.4 Å². The van der Waals surface area contributed by atoms with Crippen molar-refractivity contribution in [1.29, 1.82) is 0 Å². The normalized spacial score (nSPS) is 16.0. The van der Waals surface area contributed by atoms with E-state index in [1.165, 1.54) is 29.2 Å². The van der Waals surface area contributed by atoms with Crippen molar-refractivity contribution in [2.45, 2.75) is 18.9 Å². The molecule has 1 saturated heterocycles. The largest absolute Gasteiger partial charge is 0.359 e. The third kappa shape index (κ3) is 2.85. The first-order chi connectivity index (χ1) is 10.9. The second-order valence-corrected chi connectivity index (χ2v) is 6.63. The lowest BCUT2D eigenvalue weighted by Crippen LogP contribution is -2.35. The third-order valence-corrected chi connectivity index (χ3v) is 4.99. The van der Waals surface area contributed by atoms with Crippen LogP contribution in [-0.2, 0) is 0 Å². The van der Waals surface area contributed by atoms with Gasteiger partial charge in [0.15, 0.2) is 5.13 Å². The molecule has 0 saturated carbocycles. The van der Waals surface area contributed by atoms with Gasteiger partial charge in [0.25, 0.3) is 0 Å². The Morgan fingerprint density at radius 2 is 1.86 bits per heavy atom. The van der Waals surface area contributed by atoms with E-state index in [2.05, 4.69) is 58.5 Å². The van der Waals surface area contributed by atoms with E-state index in [1.54, 1.807) is 11.3 Å². The Morgan fingerprint density at radius 3 is 2.73 bits per heavy atom. The fourth-order valence-electron chi connectivity index (χ4n) is 2.96. The fraction of sp³-hybridized carbons (Fsp3) is 0.278. The highest BCUT2D eigenvalue weighted by atomic mass is 32.1. The van der Waals surface area contributed by atoms with Gasteiger partial charge in [-0.05, 0) is 42.8 Å². The van der Waals surface area contributed by atoms with Gasteiger partial charge in [0.05, 0.1) is 5.69 Å². The molecule has 0 atom stereocenters. The summed E-state index contributed by atoms with van der Waals surface area (Å²) in [4.78, 5) is 4.77.